The fourth-order valence-electron chi connectivity index (χ4n) is 2.19. The van der Waals surface area contributed by atoms with Gasteiger partial charge in [0.15, 0.2) is 0 Å². The Kier molecular flexibility index (Phi) is 13.2. The summed E-state index contributed by atoms with van der Waals surface area (Å²) >= 11 is 0. The maximum atomic E-state index is 12.5. The number of carbonyl (C=O) groups excluding carboxylic acids is 3. The Morgan fingerprint density at radius 3 is 2.41 bits per heavy atom. The Morgan fingerprint density at radius 2 is 1.90 bits per heavy atom. The smallest absolute Gasteiger partial charge is 0.303 e. The van der Waals surface area contributed by atoms with Gasteiger partial charge in [0.2, 0.25) is 12.5 Å². The van der Waals surface area contributed by atoms with Crippen LogP contribution >= 0.6 is 0 Å². The Morgan fingerprint density at radius 1 is 1.28 bits per heavy atom. The lowest BCUT2D eigenvalue weighted by atomic mass is 10.1. The molecule has 0 aromatic heterocycles. The van der Waals surface area contributed by atoms with Crippen LogP contribution in [-0.4, -0.2) is 56.0 Å². The third kappa shape index (κ3) is 10.1. The molecule has 2 atom stereocenters. The van der Waals surface area contributed by atoms with Crippen molar-refractivity contribution in [2.75, 3.05) is 25.0 Å². The first kappa shape index (κ1) is 25.8. The van der Waals surface area contributed by atoms with E-state index in [0.717, 1.165) is 5.56 Å². The number of hydrogen-bond acceptors (Lipinski definition) is 6. The number of anilines is 1. The van der Waals surface area contributed by atoms with E-state index in [-0.39, 0.29) is 13.2 Å². The Labute approximate surface area is 171 Å². The standard InChI is InChI=1S/C18H26N4O5.C2H4/c1-4-21-17(19)14-5-7-15(8-6-14)22-18(25)16(27-13(3)24)12(2)26-10-9-20-11-23;1-2/h5-8,11-12,16H,4,9-10H2,1-3H3,(H2,19,21)(H,20,23)(H,22,25);1-2H2. The zero-order chi connectivity index (χ0) is 22.2. The lowest BCUT2D eigenvalue weighted by Gasteiger charge is -2.23. The van der Waals surface area contributed by atoms with Crippen molar-refractivity contribution in [2.45, 2.75) is 33.0 Å². The van der Waals surface area contributed by atoms with Gasteiger partial charge < -0.3 is 25.8 Å². The summed E-state index contributed by atoms with van der Waals surface area (Å²) in [7, 11) is 0. The average Bonchev–Trinajstić information content (AvgIpc) is 2.71. The summed E-state index contributed by atoms with van der Waals surface area (Å²) in [6, 6.07) is 6.82. The van der Waals surface area contributed by atoms with Gasteiger partial charge in [-0.05, 0) is 38.1 Å². The summed E-state index contributed by atoms with van der Waals surface area (Å²) in [5, 5.41) is 5.12. The lowest BCUT2D eigenvalue weighted by Crippen LogP contribution is -2.42. The second-order valence-electron chi connectivity index (χ2n) is 5.60. The molecule has 9 nitrogen and oxygen atoms in total. The van der Waals surface area contributed by atoms with Gasteiger partial charge in [0.25, 0.3) is 5.91 Å². The Bertz CT molecular complexity index is 676. The van der Waals surface area contributed by atoms with Gasteiger partial charge in [0, 0.05) is 31.3 Å². The van der Waals surface area contributed by atoms with Crippen LogP contribution in [0.1, 0.15) is 26.3 Å². The quantitative estimate of drug-likeness (QED) is 0.126. The van der Waals surface area contributed by atoms with Gasteiger partial charge in [-0.15, -0.1) is 13.2 Å². The molecule has 0 fully saturated rings. The van der Waals surface area contributed by atoms with E-state index in [2.05, 4.69) is 28.8 Å². The zero-order valence-corrected chi connectivity index (χ0v) is 17.1. The van der Waals surface area contributed by atoms with Crippen LogP contribution in [0.5, 0.6) is 0 Å². The van der Waals surface area contributed by atoms with Gasteiger partial charge in [-0.25, -0.2) is 0 Å². The normalized spacial score (nSPS) is 12.6. The molecular formula is C20H30N4O5. The van der Waals surface area contributed by atoms with Crippen LogP contribution in [0.2, 0.25) is 0 Å². The number of amides is 2. The molecule has 0 aliphatic heterocycles. The van der Waals surface area contributed by atoms with Gasteiger partial charge in [0.05, 0.1) is 6.61 Å². The number of ether oxygens (including phenoxy) is 2. The summed E-state index contributed by atoms with van der Waals surface area (Å²) in [5.74, 6) is -0.710. The second-order valence-corrected chi connectivity index (χ2v) is 5.60. The van der Waals surface area contributed by atoms with Crippen LogP contribution in [0, 0.1) is 0 Å². The summed E-state index contributed by atoms with van der Waals surface area (Å²) < 4.78 is 10.5. The SMILES string of the molecule is C=C.CCN=C(N)c1ccc(NC(=O)C(OC(C)=O)C(C)OCCNC=O)cc1. The highest BCUT2D eigenvalue weighted by Gasteiger charge is 2.29. The number of aliphatic imine (C=N–C) groups is 1. The molecule has 9 heteroatoms. The number of amidine groups is 1. The summed E-state index contributed by atoms with van der Waals surface area (Å²) in [6.45, 7) is 11.7. The van der Waals surface area contributed by atoms with E-state index >= 15 is 0 Å². The highest BCUT2D eigenvalue weighted by Crippen LogP contribution is 2.13. The van der Waals surface area contributed by atoms with E-state index in [1.165, 1.54) is 6.92 Å². The van der Waals surface area contributed by atoms with E-state index in [1.54, 1.807) is 31.2 Å². The first-order valence-electron chi connectivity index (χ1n) is 9.06. The van der Waals surface area contributed by atoms with Crippen LogP contribution in [0.25, 0.3) is 0 Å². The van der Waals surface area contributed by atoms with Crippen LogP contribution in [0.15, 0.2) is 42.4 Å². The highest BCUT2D eigenvalue weighted by molar-refractivity contribution is 5.99. The van der Waals surface area contributed by atoms with Crippen molar-refractivity contribution in [1.29, 1.82) is 0 Å². The van der Waals surface area contributed by atoms with Crippen LogP contribution in [-0.2, 0) is 23.9 Å². The number of nitrogens with two attached hydrogens (primary N) is 1. The molecule has 0 saturated carbocycles. The number of hydrogen-bond donors (Lipinski definition) is 3. The molecule has 2 unspecified atom stereocenters. The van der Waals surface area contributed by atoms with Gasteiger partial charge in [-0.1, -0.05) is 0 Å². The number of rotatable bonds is 11. The molecule has 160 valence electrons. The minimum Gasteiger partial charge on any atom is -0.450 e. The summed E-state index contributed by atoms with van der Waals surface area (Å²) in [4.78, 5) is 38.2. The maximum Gasteiger partial charge on any atom is 0.303 e. The Balaban J connectivity index is 0.00000379. The topological polar surface area (TPSA) is 132 Å². The molecule has 29 heavy (non-hydrogen) atoms. The fourth-order valence-corrected chi connectivity index (χ4v) is 2.19. The third-order valence-corrected chi connectivity index (χ3v) is 3.46. The molecule has 1 rings (SSSR count). The van der Waals surface area contributed by atoms with Crippen molar-refractivity contribution in [3.05, 3.63) is 43.0 Å². The first-order chi connectivity index (χ1) is 13.9. The third-order valence-electron chi connectivity index (χ3n) is 3.46. The molecule has 0 radical (unpaired) electrons. The van der Waals surface area contributed by atoms with Crippen molar-refractivity contribution in [3.63, 3.8) is 0 Å². The molecule has 1 aromatic carbocycles. The maximum absolute atomic E-state index is 12.5. The van der Waals surface area contributed by atoms with Gasteiger partial charge in [-0.2, -0.15) is 0 Å². The summed E-state index contributed by atoms with van der Waals surface area (Å²) in [6.07, 6.45) is -1.29. The molecule has 0 spiro atoms. The molecule has 0 bridgehead atoms. The van der Waals surface area contributed by atoms with Crippen molar-refractivity contribution in [2.24, 2.45) is 10.7 Å². The zero-order valence-electron chi connectivity index (χ0n) is 17.1. The number of esters is 1. The molecule has 0 aliphatic rings. The monoisotopic (exact) mass is 406 g/mol. The van der Waals surface area contributed by atoms with E-state index < -0.39 is 24.1 Å². The van der Waals surface area contributed by atoms with E-state index in [9.17, 15) is 14.4 Å². The molecular weight excluding hydrogens is 376 g/mol. The Hall–Kier alpha value is -3.20. The highest BCUT2D eigenvalue weighted by atomic mass is 16.6. The van der Waals surface area contributed by atoms with Crippen LogP contribution in [0.4, 0.5) is 5.69 Å². The summed E-state index contributed by atoms with van der Waals surface area (Å²) in [5.41, 5.74) is 7.08. The number of benzene rings is 1. The van der Waals surface area contributed by atoms with Crippen molar-refractivity contribution in [1.82, 2.24) is 5.32 Å². The van der Waals surface area contributed by atoms with E-state index in [4.69, 9.17) is 15.2 Å². The predicted molar refractivity (Wildman–Crippen MR) is 113 cm³/mol. The first-order valence-corrected chi connectivity index (χ1v) is 9.06. The predicted octanol–water partition coefficient (Wildman–Crippen LogP) is 1.24. The molecule has 0 aliphatic carbocycles. The minimum absolute atomic E-state index is 0.176. The average molecular weight is 406 g/mol. The molecule has 1 aromatic rings. The van der Waals surface area contributed by atoms with Gasteiger partial charge in [0.1, 0.15) is 11.9 Å². The number of carbonyl (C=O) groups is 3. The van der Waals surface area contributed by atoms with E-state index in [1.807, 2.05) is 6.92 Å². The van der Waals surface area contributed by atoms with Crippen molar-refractivity contribution < 1.29 is 23.9 Å². The number of nitrogens with one attached hydrogen (secondary N) is 2. The molecule has 2 amide bonds. The lowest BCUT2D eigenvalue weighted by molar-refractivity contribution is -0.160. The molecule has 0 saturated heterocycles. The van der Waals surface area contributed by atoms with E-state index in [0.29, 0.717) is 24.5 Å². The van der Waals surface area contributed by atoms with Gasteiger partial charge >= 0.3 is 5.97 Å². The van der Waals surface area contributed by atoms with Gasteiger partial charge in [-0.3, -0.25) is 19.4 Å². The fraction of sp³-hybridized carbons (Fsp3) is 0.400. The van der Waals surface area contributed by atoms with Crippen molar-refractivity contribution >= 4 is 29.8 Å². The minimum atomic E-state index is -1.13. The van der Waals surface area contributed by atoms with Crippen LogP contribution < -0.4 is 16.4 Å². The van der Waals surface area contributed by atoms with Crippen LogP contribution in [0.3, 0.4) is 0 Å². The number of nitrogens with zero attached hydrogens (tertiary/aromatic N) is 1. The molecule has 0 heterocycles. The largest absolute Gasteiger partial charge is 0.450 e. The second kappa shape index (κ2) is 14.8. The molecule has 4 N–H and O–H groups in total. The van der Waals surface area contributed by atoms with Crippen molar-refractivity contribution in [3.8, 4) is 0 Å².